The van der Waals surface area contributed by atoms with Crippen molar-refractivity contribution >= 4 is 5.71 Å². The maximum atomic E-state index is 5.02. The highest BCUT2D eigenvalue weighted by Crippen LogP contribution is 1.94. The molecule has 0 aromatic heterocycles. The average Bonchev–Trinajstić information content (AvgIpc) is 2.16. The van der Waals surface area contributed by atoms with Crippen LogP contribution < -0.4 is 5.84 Å². The number of hydrogen-bond acceptors (Lipinski definition) is 2. The van der Waals surface area contributed by atoms with Crippen LogP contribution in [0.15, 0.2) is 35.4 Å². The summed E-state index contributed by atoms with van der Waals surface area (Å²) >= 11 is 0. The first kappa shape index (κ1) is 8.35. The maximum Gasteiger partial charge on any atom is 0.107 e. The van der Waals surface area contributed by atoms with Gasteiger partial charge < -0.3 is 5.84 Å². The van der Waals surface area contributed by atoms with E-state index in [0.717, 1.165) is 5.56 Å². The fourth-order valence-corrected chi connectivity index (χ4v) is 0.716. The first-order valence-corrected chi connectivity index (χ1v) is 3.64. The smallest absolute Gasteiger partial charge is 0.107 e. The molecule has 1 aromatic carbocycles. The van der Waals surface area contributed by atoms with Gasteiger partial charge in [-0.2, -0.15) is 5.10 Å². The van der Waals surface area contributed by atoms with Crippen molar-refractivity contribution in [2.24, 2.45) is 10.9 Å². The molecule has 0 bridgehead atoms. The normalized spacial score (nSPS) is 10.2. The monoisotopic (exact) mass is 158 g/mol. The van der Waals surface area contributed by atoms with Crippen LogP contribution in [0.2, 0.25) is 0 Å². The third-order valence-electron chi connectivity index (χ3n) is 1.36. The van der Waals surface area contributed by atoms with Gasteiger partial charge in [-0.05, 0) is 25.0 Å². The molecule has 60 valence electrons. The zero-order chi connectivity index (χ0) is 8.81. The minimum Gasteiger partial charge on any atom is -0.322 e. The van der Waals surface area contributed by atoms with Gasteiger partial charge in [-0.1, -0.05) is 24.1 Å². The van der Waals surface area contributed by atoms with E-state index in [4.69, 9.17) is 5.84 Å². The Hall–Kier alpha value is -1.75. The third kappa shape index (κ3) is 2.47. The number of nitrogens with zero attached hydrogens (tertiary/aromatic N) is 1. The van der Waals surface area contributed by atoms with Gasteiger partial charge in [0.1, 0.15) is 5.71 Å². The molecule has 2 N–H and O–H groups in total. The molecule has 0 fully saturated rings. The lowest BCUT2D eigenvalue weighted by atomic mass is 10.2. The van der Waals surface area contributed by atoms with Gasteiger partial charge in [-0.3, -0.25) is 0 Å². The summed E-state index contributed by atoms with van der Waals surface area (Å²) in [6, 6.07) is 9.72. The molecule has 12 heavy (non-hydrogen) atoms. The van der Waals surface area contributed by atoms with Crippen molar-refractivity contribution in [2.45, 2.75) is 6.92 Å². The van der Waals surface area contributed by atoms with E-state index in [1.807, 2.05) is 30.3 Å². The van der Waals surface area contributed by atoms with Crippen molar-refractivity contribution in [1.82, 2.24) is 0 Å². The third-order valence-corrected chi connectivity index (χ3v) is 1.36. The molecule has 0 saturated heterocycles. The fraction of sp³-hybridized carbons (Fsp3) is 0.100. The second-order valence-corrected chi connectivity index (χ2v) is 2.33. The molecule has 1 rings (SSSR count). The second-order valence-electron chi connectivity index (χ2n) is 2.33. The average molecular weight is 158 g/mol. The number of hydrogen-bond donors (Lipinski definition) is 1. The molecular formula is C10H10N2. The molecule has 0 unspecified atom stereocenters. The summed E-state index contributed by atoms with van der Waals surface area (Å²) in [7, 11) is 0. The quantitative estimate of drug-likeness (QED) is 0.263. The van der Waals surface area contributed by atoms with Gasteiger partial charge in [0.2, 0.25) is 0 Å². The van der Waals surface area contributed by atoms with Crippen molar-refractivity contribution in [3.8, 4) is 11.8 Å². The van der Waals surface area contributed by atoms with Gasteiger partial charge in [0.15, 0.2) is 0 Å². The lowest BCUT2D eigenvalue weighted by Crippen LogP contribution is -1.91. The van der Waals surface area contributed by atoms with E-state index in [1.165, 1.54) is 0 Å². The first-order chi connectivity index (χ1) is 5.83. The van der Waals surface area contributed by atoms with E-state index in [0.29, 0.717) is 5.71 Å². The van der Waals surface area contributed by atoms with E-state index in [9.17, 15) is 0 Å². The van der Waals surface area contributed by atoms with Crippen LogP contribution >= 0.6 is 0 Å². The SMILES string of the molecule is C/C(C#Cc1ccccc1)=N/N. The first-order valence-electron chi connectivity index (χ1n) is 3.64. The lowest BCUT2D eigenvalue weighted by molar-refractivity contribution is 1.25. The van der Waals surface area contributed by atoms with Crippen LogP contribution in [0.1, 0.15) is 12.5 Å². The summed E-state index contributed by atoms with van der Waals surface area (Å²) in [5, 5.41) is 3.45. The highest BCUT2D eigenvalue weighted by atomic mass is 15.1. The molecule has 0 atom stereocenters. The van der Waals surface area contributed by atoms with E-state index in [1.54, 1.807) is 6.92 Å². The number of benzene rings is 1. The molecule has 0 heterocycles. The largest absolute Gasteiger partial charge is 0.322 e. The van der Waals surface area contributed by atoms with E-state index in [2.05, 4.69) is 16.9 Å². The topological polar surface area (TPSA) is 38.4 Å². The van der Waals surface area contributed by atoms with Crippen molar-refractivity contribution in [3.63, 3.8) is 0 Å². The van der Waals surface area contributed by atoms with Gasteiger partial charge in [0.25, 0.3) is 0 Å². The maximum absolute atomic E-state index is 5.02. The van der Waals surface area contributed by atoms with Crippen LogP contribution in [0.25, 0.3) is 0 Å². The van der Waals surface area contributed by atoms with E-state index in [-0.39, 0.29) is 0 Å². The van der Waals surface area contributed by atoms with Gasteiger partial charge >= 0.3 is 0 Å². The van der Waals surface area contributed by atoms with Crippen LogP contribution in [-0.2, 0) is 0 Å². The van der Waals surface area contributed by atoms with Crippen molar-refractivity contribution in [3.05, 3.63) is 35.9 Å². The Morgan fingerprint density at radius 1 is 1.33 bits per heavy atom. The molecule has 1 aromatic rings. The van der Waals surface area contributed by atoms with Crippen LogP contribution in [-0.4, -0.2) is 5.71 Å². The highest BCUT2D eigenvalue weighted by molar-refractivity contribution is 5.98. The lowest BCUT2D eigenvalue weighted by Gasteiger charge is -1.85. The predicted molar refractivity (Wildman–Crippen MR) is 50.6 cm³/mol. The molecule has 0 aliphatic carbocycles. The summed E-state index contributed by atoms with van der Waals surface area (Å²) in [5.41, 5.74) is 1.61. The minimum absolute atomic E-state index is 0.638. The zero-order valence-electron chi connectivity index (χ0n) is 6.91. The van der Waals surface area contributed by atoms with E-state index >= 15 is 0 Å². The zero-order valence-corrected chi connectivity index (χ0v) is 6.91. The molecule has 0 amide bonds. The number of rotatable bonds is 0. The minimum atomic E-state index is 0.638. The van der Waals surface area contributed by atoms with Crippen LogP contribution in [0.4, 0.5) is 0 Å². The van der Waals surface area contributed by atoms with Crippen molar-refractivity contribution in [1.29, 1.82) is 0 Å². The molecule has 0 saturated carbocycles. The van der Waals surface area contributed by atoms with Crippen molar-refractivity contribution < 1.29 is 0 Å². The second kappa shape index (κ2) is 4.20. The van der Waals surface area contributed by atoms with Crippen LogP contribution in [0.3, 0.4) is 0 Å². The van der Waals surface area contributed by atoms with Crippen molar-refractivity contribution in [2.75, 3.05) is 0 Å². The molecule has 0 radical (unpaired) electrons. The van der Waals surface area contributed by atoms with E-state index < -0.39 is 0 Å². The molecule has 2 heteroatoms. The van der Waals surface area contributed by atoms with Gasteiger partial charge in [-0.15, -0.1) is 0 Å². The van der Waals surface area contributed by atoms with Gasteiger partial charge in [-0.25, -0.2) is 0 Å². The molecule has 0 spiro atoms. The summed E-state index contributed by atoms with van der Waals surface area (Å²) in [6.45, 7) is 1.77. The standard InChI is InChI=1S/C10H10N2/c1-9(12-11)7-8-10-5-3-2-4-6-10/h2-6H,11H2,1H3/b12-9-. The summed E-state index contributed by atoms with van der Waals surface area (Å²) < 4.78 is 0. The van der Waals surface area contributed by atoms with Crippen LogP contribution in [0, 0.1) is 11.8 Å². The molecular weight excluding hydrogens is 148 g/mol. The molecule has 0 aliphatic heterocycles. The number of hydrazone groups is 1. The van der Waals surface area contributed by atoms with Gasteiger partial charge in [0, 0.05) is 5.56 Å². The molecule has 0 aliphatic rings. The van der Waals surface area contributed by atoms with Gasteiger partial charge in [0.05, 0.1) is 0 Å². The Labute approximate surface area is 72.1 Å². The fourth-order valence-electron chi connectivity index (χ4n) is 0.716. The Balaban J connectivity index is 2.81. The highest BCUT2D eigenvalue weighted by Gasteiger charge is 1.82. The molecule has 2 nitrogen and oxygen atoms in total. The summed E-state index contributed by atoms with van der Waals surface area (Å²) in [4.78, 5) is 0. The Bertz CT molecular complexity index is 328. The summed E-state index contributed by atoms with van der Waals surface area (Å²) in [5.74, 6) is 10.8. The van der Waals surface area contributed by atoms with Crippen LogP contribution in [0.5, 0.6) is 0 Å². The number of nitrogens with two attached hydrogens (primary N) is 1. The Morgan fingerprint density at radius 3 is 2.58 bits per heavy atom. The Morgan fingerprint density at radius 2 is 2.00 bits per heavy atom. The predicted octanol–water partition coefficient (Wildman–Crippen LogP) is 1.37. The Kier molecular flexibility index (Phi) is 2.92. The summed E-state index contributed by atoms with van der Waals surface area (Å²) in [6.07, 6.45) is 0.